The van der Waals surface area contributed by atoms with Gasteiger partial charge in [0.2, 0.25) is 0 Å². The number of aromatic nitrogens is 2. The summed E-state index contributed by atoms with van der Waals surface area (Å²) in [5, 5.41) is 15.4. The number of nitrogens with zero attached hydrogens (tertiary/aromatic N) is 3. The minimum atomic E-state index is -2.65. The number of halogens is 3. The van der Waals surface area contributed by atoms with Crippen molar-refractivity contribution in [3.63, 3.8) is 0 Å². The van der Waals surface area contributed by atoms with E-state index in [0.29, 0.717) is 34.5 Å². The summed E-state index contributed by atoms with van der Waals surface area (Å²) in [5.41, 5.74) is 7.79. The second-order valence-corrected chi connectivity index (χ2v) is 9.94. The predicted octanol–water partition coefficient (Wildman–Crippen LogP) is 5.52. The lowest BCUT2D eigenvalue weighted by Crippen LogP contribution is -2.14. The molecule has 1 unspecified atom stereocenters. The Balaban J connectivity index is 1.75. The molecule has 15 heteroatoms. The average molecular weight is 576 g/mol. The van der Waals surface area contributed by atoms with Gasteiger partial charge in [0, 0.05) is 35.0 Å². The highest BCUT2D eigenvalue weighted by Gasteiger charge is 2.26. The van der Waals surface area contributed by atoms with Crippen molar-refractivity contribution in [3.05, 3.63) is 70.4 Å². The molecule has 0 saturated carbocycles. The second kappa shape index (κ2) is 12.4. The summed E-state index contributed by atoms with van der Waals surface area (Å²) < 4.78 is 36.2. The molecule has 0 bridgehead atoms. The second-order valence-electron chi connectivity index (χ2n) is 7.77. The Morgan fingerprint density at radius 2 is 2.13 bits per heavy atom. The first kappa shape index (κ1) is 27.5. The fraction of sp³-hybridized carbons (Fsp3) is 0.130. The standard InChI is InChI=1S/C23H21BClF2N7O2S2/c1-12(13-2-5-15(25)6-3-13)36-17-10-14(4-7-16(17)33-37-23(26)27)20-19(21(29)35)22-31-18(30-9-8-28)11-24-38-34(22)32-20/h2-12,23-24,28,31,33H,1H3,(H2,29,35)/b28-8?,30-9-. The van der Waals surface area contributed by atoms with Crippen LogP contribution in [-0.4, -0.2) is 39.8 Å². The number of hydrogen-bond acceptors (Lipinski definition) is 9. The van der Waals surface area contributed by atoms with E-state index in [1.165, 1.54) is 22.1 Å². The molecule has 0 saturated heterocycles. The van der Waals surface area contributed by atoms with Crippen molar-refractivity contribution in [1.29, 1.82) is 5.41 Å². The van der Waals surface area contributed by atoms with Gasteiger partial charge in [-0.3, -0.25) is 4.79 Å². The summed E-state index contributed by atoms with van der Waals surface area (Å²) in [6.45, 7) is 2.31. The molecule has 2 aromatic carbocycles. The van der Waals surface area contributed by atoms with Gasteiger partial charge in [0.25, 0.3) is 12.5 Å². The third-order valence-corrected chi connectivity index (χ3v) is 6.86. The van der Waals surface area contributed by atoms with Gasteiger partial charge in [-0.25, -0.2) is 4.99 Å². The number of benzene rings is 2. The van der Waals surface area contributed by atoms with Crippen molar-refractivity contribution in [3.8, 4) is 17.0 Å². The monoisotopic (exact) mass is 575 g/mol. The number of alkyl halides is 2. The van der Waals surface area contributed by atoms with Crippen LogP contribution in [0, 0.1) is 5.41 Å². The SMILES string of the molecule is CC(Oc1cc(-c2nn3c(c2C(N)=O)NC(/N=C\C=N)=CBS3)ccc1NSC(F)F)c1ccc(Cl)cc1. The molecule has 0 fully saturated rings. The van der Waals surface area contributed by atoms with Gasteiger partial charge in [-0.2, -0.15) is 18.0 Å². The van der Waals surface area contributed by atoms with Crippen molar-refractivity contribution in [1.82, 2.24) is 9.19 Å². The van der Waals surface area contributed by atoms with E-state index in [0.717, 1.165) is 11.8 Å². The van der Waals surface area contributed by atoms with Crippen LogP contribution in [-0.2, 0) is 0 Å². The quantitative estimate of drug-likeness (QED) is 0.142. The van der Waals surface area contributed by atoms with Gasteiger partial charge >= 0.3 is 5.76 Å². The number of rotatable bonds is 10. The van der Waals surface area contributed by atoms with Crippen LogP contribution in [0.2, 0.25) is 5.02 Å². The first-order valence-corrected chi connectivity index (χ1v) is 13.3. The smallest absolute Gasteiger partial charge is 0.302 e. The first-order chi connectivity index (χ1) is 18.3. The van der Waals surface area contributed by atoms with Crippen LogP contribution >= 0.6 is 35.3 Å². The molecule has 1 aromatic heterocycles. The molecule has 9 nitrogen and oxygen atoms in total. The number of carbonyl (C=O) groups excluding carboxylic acids is 1. The van der Waals surface area contributed by atoms with Crippen LogP contribution < -0.4 is 20.5 Å². The van der Waals surface area contributed by atoms with E-state index in [-0.39, 0.29) is 29.0 Å². The first-order valence-electron chi connectivity index (χ1n) is 11.1. The van der Waals surface area contributed by atoms with Gasteiger partial charge in [0.15, 0.2) is 5.82 Å². The molecule has 0 radical (unpaired) electrons. The number of aliphatic imine (C=N–C) groups is 1. The summed E-state index contributed by atoms with van der Waals surface area (Å²) in [4.78, 5) is 16.7. The molecule has 1 atom stereocenters. The summed E-state index contributed by atoms with van der Waals surface area (Å²) >= 11 is 7.54. The van der Waals surface area contributed by atoms with Gasteiger partial charge in [-0.1, -0.05) is 47.6 Å². The highest BCUT2D eigenvalue weighted by atomic mass is 35.5. The number of fused-ring (bicyclic) bond motifs is 1. The number of hydrogen-bond donors (Lipinski definition) is 4. The Labute approximate surface area is 231 Å². The Morgan fingerprint density at radius 1 is 1.37 bits per heavy atom. The van der Waals surface area contributed by atoms with Crippen LogP contribution in [0.15, 0.2) is 59.3 Å². The third-order valence-electron chi connectivity index (χ3n) is 5.27. The van der Waals surface area contributed by atoms with Crippen LogP contribution in [0.5, 0.6) is 5.75 Å². The Bertz CT molecular complexity index is 1400. The maximum Gasteiger partial charge on any atom is 0.302 e. The number of nitrogens with two attached hydrogens (primary N) is 1. The zero-order valence-corrected chi connectivity index (χ0v) is 22.2. The van der Waals surface area contributed by atoms with Crippen molar-refractivity contribution < 1.29 is 18.3 Å². The number of anilines is 2. The van der Waals surface area contributed by atoms with E-state index >= 15 is 0 Å². The molecular weight excluding hydrogens is 555 g/mol. The summed E-state index contributed by atoms with van der Waals surface area (Å²) in [7, 11) is 0. The van der Waals surface area contributed by atoms with E-state index in [4.69, 9.17) is 27.5 Å². The molecule has 0 aliphatic carbocycles. The number of ether oxygens (including phenoxy) is 1. The Hall–Kier alpha value is -3.49. The number of primary amides is 1. The fourth-order valence-electron chi connectivity index (χ4n) is 3.55. The zero-order valence-electron chi connectivity index (χ0n) is 19.8. The van der Waals surface area contributed by atoms with E-state index in [1.807, 2.05) is 19.1 Å². The molecule has 38 heavy (non-hydrogen) atoms. The van der Waals surface area contributed by atoms with E-state index in [9.17, 15) is 13.6 Å². The lowest BCUT2D eigenvalue weighted by atomic mass is 10.1. The minimum Gasteiger partial charge on any atom is -0.484 e. The van der Waals surface area contributed by atoms with E-state index in [1.54, 1.807) is 36.3 Å². The van der Waals surface area contributed by atoms with Crippen molar-refractivity contribution in [2.24, 2.45) is 10.7 Å². The topological polar surface area (TPSA) is 130 Å². The largest absolute Gasteiger partial charge is 0.484 e. The number of carbonyl (C=O) groups is 1. The number of nitrogens with one attached hydrogen (secondary N) is 3. The molecule has 2 heterocycles. The average Bonchev–Trinajstić information content (AvgIpc) is 3.13. The summed E-state index contributed by atoms with van der Waals surface area (Å²) in [5.74, 6) is -0.557. The van der Waals surface area contributed by atoms with Crippen LogP contribution in [0.4, 0.5) is 20.3 Å². The molecule has 196 valence electrons. The highest BCUT2D eigenvalue weighted by molar-refractivity contribution is 8.21. The van der Waals surface area contributed by atoms with Crippen molar-refractivity contribution in [2.75, 3.05) is 10.0 Å². The lowest BCUT2D eigenvalue weighted by Gasteiger charge is -2.19. The molecule has 5 N–H and O–H groups in total. The maximum atomic E-state index is 12.9. The molecular formula is C23H21BClF2N7O2S2. The Kier molecular flexibility index (Phi) is 8.97. The normalized spacial score (nSPS) is 13.7. The predicted molar refractivity (Wildman–Crippen MR) is 153 cm³/mol. The van der Waals surface area contributed by atoms with Gasteiger partial charge in [-0.15, -0.1) is 0 Å². The summed E-state index contributed by atoms with van der Waals surface area (Å²) in [6, 6.07) is 11.9. The maximum absolute atomic E-state index is 12.9. The van der Waals surface area contributed by atoms with Crippen LogP contribution in [0.25, 0.3) is 11.3 Å². The highest BCUT2D eigenvalue weighted by Crippen LogP contribution is 2.39. The van der Waals surface area contributed by atoms with E-state index < -0.39 is 17.8 Å². The zero-order chi connectivity index (χ0) is 27.2. The fourth-order valence-corrected chi connectivity index (χ4v) is 4.84. The van der Waals surface area contributed by atoms with Gasteiger partial charge in [-0.05, 0) is 36.8 Å². The summed E-state index contributed by atoms with van der Waals surface area (Å²) in [6.07, 6.45) is 1.88. The third kappa shape index (κ3) is 6.49. The van der Waals surface area contributed by atoms with Gasteiger partial charge in [0.05, 0.1) is 5.69 Å². The lowest BCUT2D eigenvalue weighted by molar-refractivity contribution is 0.100. The molecule has 3 aromatic rings. The van der Waals surface area contributed by atoms with Crippen molar-refractivity contribution >= 4 is 71.7 Å². The van der Waals surface area contributed by atoms with E-state index in [2.05, 4.69) is 20.1 Å². The van der Waals surface area contributed by atoms with Gasteiger partial charge in [0.1, 0.15) is 28.9 Å². The minimum absolute atomic E-state index is 0.120. The van der Waals surface area contributed by atoms with Crippen LogP contribution in [0.1, 0.15) is 28.9 Å². The molecule has 1 amide bonds. The molecule has 1 aliphatic rings. The molecule has 1 aliphatic heterocycles. The van der Waals surface area contributed by atoms with Crippen molar-refractivity contribution in [2.45, 2.75) is 18.8 Å². The number of amides is 1. The van der Waals surface area contributed by atoms with Gasteiger partial charge < -0.3 is 25.9 Å². The molecule has 4 rings (SSSR count). The molecule has 0 spiro atoms. The Morgan fingerprint density at radius 3 is 2.82 bits per heavy atom. The van der Waals surface area contributed by atoms with Crippen LogP contribution in [0.3, 0.4) is 0 Å².